The molecular formula is C13H13N3O. The van der Waals surface area contributed by atoms with Gasteiger partial charge in [0.2, 0.25) is 5.95 Å². The van der Waals surface area contributed by atoms with Crippen LogP contribution in [0.25, 0.3) is 11.1 Å². The maximum absolute atomic E-state index is 10.8. The summed E-state index contributed by atoms with van der Waals surface area (Å²) in [5.74, 6) is 0.528. The number of rotatable bonds is 4. The maximum Gasteiger partial charge on any atom is 0.222 e. The smallest absolute Gasteiger partial charge is 0.222 e. The highest BCUT2D eigenvalue weighted by atomic mass is 16.1. The molecule has 0 aliphatic carbocycles. The number of ketones is 1. The second-order valence-corrected chi connectivity index (χ2v) is 3.72. The average molecular weight is 227 g/mol. The van der Waals surface area contributed by atoms with Crippen LogP contribution in [0.4, 0.5) is 5.95 Å². The molecule has 0 amide bonds. The molecule has 0 fully saturated rings. The molecule has 0 spiro atoms. The van der Waals surface area contributed by atoms with E-state index < -0.39 is 0 Å². The number of nitrogens with zero attached hydrogens (tertiary/aromatic N) is 2. The van der Waals surface area contributed by atoms with E-state index in [9.17, 15) is 4.79 Å². The van der Waals surface area contributed by atoms with Crippen molar-refractivity contribution in [1.82, 2.24) is 9.97 Å². The van der Waals surface area contributed by atoms with Crippen LogP contribution in [0, 0.1) is 0 Å². The summed E-state index contributed by atoms with van der Waals surface area (Å²) in [4.78, 5) is 19.1. The lowest BCUT2D eigenvalue weighted by Crippen LogP contribution is -2.11. The lowest BCUT2D eigenvalue weighted by Gasteiger charge is -2.03. The third kappa shape index (κ3) is 3.11. The summed E-state index contributed by atoms with van der Waals surface area (Å²) in [7, 11) is 0. The van der Waals surface area contributed by atoms with Crippen LogP contribution in [0.1, 0.15) is 6.92 Å². The molecular weight excluding hydrogens is 214 g/mol. The summed E-state index contributed by atoms with van der Waals surface area (Å²) in [6, 6.07) is 9.91. The van der Waals surface area contributed by atoms with Crippen molar-refractivity contribution in [2.24, 2.45) is 0 Å². The van der Waals surface area contributed by atoms with Crippen molar-refractivity contribution in [1.29, 1.82) is 0 Å². The number of nitrogens with one attached hydrogen (secondary N) is 1. The fourth-order valence-electron chi connectivity index (χ4n) is 1.40. The Morgan fingerprint density at radius 3 is 2.35 bits per heavy atom. The Morgan fingerprint density at radius 1 is 1.12 bits per heavy atom. The second kappa shape index (κ2) is 5.21. The highest BCUT2D eigenvalue weighted by Gasteiger charge is 2.00. The topological polar surface area (TPSA) is 54.9 Å². The van der Waals surface area contributed by atoms with E-state index >= 15 is 0 Å². The summed E-state index contributed by atoms with van der Waals surface area (Å²) in [6.07, 6.45) is 3.48. The molecule has 1 heterocycles. The normalized spacial score (nSPS) is 9.94. The molecule has 4 heteroatoms. The number of hydrogen-bond donors (Lipinski definition) is 1. The molecule has 2 aromatic rings. The van der Waals surface area contributed by atoms with Crippen LogP contribution >= 0.6 is 0 Å². The lowest BCUT2D eigenvalue weighted by atomic mass is 10.1. The fraction of sp³-hybridized carbons (Fsp3) is 0.154. The van der Waals surface area contributed by atoms with Gasteiger partial charge in [-0.15, -0.1) is 0 Å². The van der Waals surface area contributed by atoms with Crippen LogP contribution < -0.4 is 5.32 Å². The van der Waals surface area contributed by atoms with Crippen LogP contribution in [0.3, 0.4) is 0 Å². The van der Waals surface area contributed by atoms with E-state index in [0.29, 0.717) is 5.95 Å². The Morgan fingerprint density at radius 2 is 1.76 bits per heavy atom. The van der Waals surface area contributed by atoms with Crippen molar-refractivity contribution < 1.29 is 4.79 Å². The van der Waals surface area contributed by atoms with Crippen LogP contribution in [0.2, 0.25) is 0 Å². The zero-order valence-corrected chi connectivity index (χ0v) is 9.55. The fourth-order valence-corrected chi connectivity index (χ4v) is 1.40. The van der Waals surface area contributed by atoms with Crippen molar-refractivity contribution in [2.45, 2.75) is 6.92 Å². The van der Waals surface area contributed by atoms with Gasteiger partial charge in [0.15, 0.2) is 0 Å². The van der Waals surface area contributed by atoms with Crippen LogP contribution in [0.5, 0.6) is 0 Å². The first-order valence-electron chi connectivity index (χ1n) is 5.36. The van der Waals surface area contributed by atoms with E-state index in [1.54, 1.807) is 12.4 Å². The lowest BCUT2D eigenvalue weighted by molar-refractivity contribution is -0.115. The second-order valence-electron chi connectivity index (χ2n) is 3.72. The van der Waals surface area contributed by atoms with E-state index in [0.717, 1.165) is 11.1 Å². The van der Waals surface area contributed by atoms with Gasteiger partial charge in [-0.05, 0) is 12.5 Å². The quantitative estimate of drug-likeness (QED) is 0.869. The Balaban J connectivity index is 2.11. The van der Waals surface area contributed by atoms with Gasteiger partial charge in [0, 0.05) is 18.0 Å². The number of benzene rings is 1. The van der Waals surface area contributed by atoms with E-state index in [-0.39, 0.29) is 12.3 Å². The molecule has 0 unspecified atom stereocenters. The zero-order chi connectivity index (χ0) is 12.1. The van der Waals surface area contributed by atoms with E-state index in [1.807, 2.05) is 30.3 Å². The molecule has 0 aliphatic heterocycles. The molecule has 2 rings (SSSR count). The van der Waals surface area contributed by atoms with Crippen LogP contribution in [-0.2, 0) is 4.79 Å². The van der Waals surface area contributed by atoms with Gasteiger partial charge in [-0.2, -0.15) is 0 Å². The minimum atomic E-state index is 0.0562. The molecule has 4 nitrogen and oxygen atoms in total. The zero-order valence-electron chi connectivity index (χ0n) is 9.55. The first-order valence-corrected chi connectivity index (χ1v) is 5.36. The average Bonchev–Trinajstić information content (AvgIpc) is 2.38. The van der Waals surface area contributed by atoms with Gasteiger partial charge < -0.3 is 5.32 Å². The Kier molecular flexibility index (Phi) is 3.45. The molecule has 1 N–H and O–H groups in total. The Bertz CT molecular complexity index is 494. The van der Waals surface area contributed by atoms with E-state index in [4.69, 9.17) is 0 Å². The van der Waals surface area contributed by atoms with E-state index in [1.165, 1.54) is 6.92 Å². The van der Waals surface area contributed by atoms with Crippen LogP contribution in [0.15, 0.2) is 42.7 Å². The minimum Gasteiger partial charge on any atom is -0.347 e. The van der Waals surface area contributed by atoms with Crippen molar-refractivity contribution in [2.75, 3.05) is 11.9 Å². The standard InChI is InChI=1S/C13H13N3O/c1-10(17)7-14-13-15-8-12(9-16-13)11-5-3-2-4-6-11/h2-6,8-9H,7H2,1H3,(H,14,15,16). The van der Waals surface area contributed by atoms with Crippen molar-refractivity contribution in [3.8, 4) is 11.1 Å². The summed E-state index contributed by atoms with van der Waals surface area (Å²) < 4.78 is 0. The largest absolute Gasteiger partial charge is 0.347 e. The van der Waals surface area contributed by atoms with Crippen molar-refractivity contribution in [3.05, 3.63) is 42.7 Å². The summed E-state index contributed by atoms with van der Waals surface area (Å²) in [6.45, 7) is 1.77. The highest BCUT2D eigenvalue weighted by molar-refractivity contribution is 5.79. The van der Waals surface area contributed by atoms with Gasteiger partial charge >= 0.3 is 0 Å². The Labute approximate surface area is 99.7 Å². The molecule has 0 bridgehead atoms. The molecule has 1 aromatic heterocycles. The minimum absolute atomic E-state index is 0.0562. The van der Waals surface area contributed by atoms with Gasteiger partial charge in [-0.25, -0.2) is 9.97 Å². The van der Waals surface area contributed by atoms with E-state index in [2.05, 4.69) is 15.3 Å². The Hall–Kier alpha value is -2.23. The molecule has 17 heavy (non-hydrogen) atoms. The molecule has 0 atom stereocenters. The highest BCUT2D eigenvalue weighted by Crippen LogP contribution is 2.16. The number of anilines is 1. The summed E-state index contributed by atoms with van der Waals surface area (Å²) in [5, 5.41) is 2.85. The van der Waals surface area contributed by atoms with Gasteiger partial charge in [-0.1, -0.05) is 30.3 Å². The number of hydrogen-bond acceptors (Lipinski definition) is 4. The van der Waals surface area contributed by atoms with Crippen LogP contribution in [-0.4, -0.2) is 22.3 Å². The van der Waals surface area contributed by atoms with Crippen molar-refractivity contribution in [3.63, 3.8) is 0 Å². The SMILES string of the molecule is CC(=O)CNc1ncc(-c2ccccc2)cn1. The number of carbonyl (C=O) groups is 1. The first kappa shape index (κ1) is 11.3. The van der Waals surface area contributed by atoms with Gasteiger partial charge in [-0.3, -0.25) is 4.79 Å². The van der Waals surface area contributed by atoms with Crippen molar-refractivity contribution >= 4 is 11.7 Å². The summed E-state index contributed by atoms with van der Waals surface area (Å²) in [5.41, 5.74) is 2.03. The van der Waals surface area contributed by atoms with Gasteiger partial charge in [0.1, 0.15) is 5.78 Å². The number of carbonyl (C=O) groups excluding carboxylic acids is 1. The summed E-state index contributed by atoms with van der Waals surface area (Å²) >= 11 is 0. The first-order chi connectivity index (χ1) is 8.25. The van der Waals surface area contributed by atoms with Gasteiger partial charge in [0.25, 0.3) is 0 Å². The third-order valence-corrected chi connectivity index (χ3v) is 2.25. The maximum atomic E-state index is 10.8. The van der Waals surface area contributed by atoms with Gasteiger partial charge in [0.05, 0.1) is 6.54 Å². The predicted octanol–water partition coefficient (Wildman–Crippen LogP) is 2.14. The molecule has 1 aromatic carbocycles. The monoisotopic (exact) mass is 227 g/mol. The molecule has 0 saturated carbocycles. The predicted molar refractivity (Wildman–Crippen MR) is 66.6 cm³/mol. The molecule has 0 aliphatic rings. The third-order valence-electron chi connectivity index (χ3n) is 2.25. The molecule has 0 radical (unpaired) electrons. The number of Topliss-reactive ketones (excluding diaryl/α,β-unsaturated/α-hetero) is 1. The number of aromatic nitrogens is 2. The molecule has 86 valence electrons. The molecule has 0 saturated heterocycles.